The molecule has 8 nitrogen and oxygen atoms in total. The van der Waals surface area contributed by atoms with Crippen molar-refractivity contribution in [1.29, 1.82) is 0 Å². The third-order valence-electron chi connectivity index (χ3n) is 8.97. The Balaban J connectivity index is 1.16. The third-order valence-corrected chi connectivity index (χ3v) is 9.37. The van der Waals surface area contributed by atoms with E-state index in [0.717, 1.165) is 33.6 Å². The summed E-state index contributed by atoms with van der Waals surface area (Å²) in [7, 11) is 0. The molecule has 3 aromatic carbocycles. The number of amides is 2. The predicted molar refractivity (Wildman–Crippen MR) is 181 cm³/mol. The number of Topliss-reactive ketones (excluding diaryl/α,β-unsaturated/α-hetero) is 1. The molecule has 7 rings (SSSR count). The lowest BCUT2D eigenvalue weighted by atomic mass is 9.99. The predicted octanol–water partition coefficient (Wildman–Crippen LogP) is 7.72. The fourth-order valence-electron chi connectivity index (χ4n) is 6.49. The number of benzene rings is 3. The molecule has 3 heterocycles. The van der Waals surface area contributed by atoms with Gasteiger partial charge in [0.1, 0.15) is 18.9 Å². The van der Waals surface area contributed by atoms with Gasteiger partial charge in [-0.1, -0.05) is 54.1 Å². The van der Waals surface area contributed by atoms with Crippen LogP contribution in [0.5, 0.6) is 0 Å². The minimum Gasteiger partial charge on any atom is -0.337 e. The molecule has 246 valence electrons. The van der Waals surface area contributed by atoms with Crippen molar-refractivity contribution in [2.75, 3.05) is 11.9 Å². The van der Waals surface area contributed by atoms with E-state index in [9.17, 15) is 23.2 Å². The van der Waals surface area contributed by atoms with Crippen molar-refractivity contribution in [3.63, 3.8) is 0 Å². The molecule has 0 spiro atoms. The molecule has 1 fully saturated rings. The second kappa shape index (κ2) is 12.8. The number of hydrogen-bond acceptors (Lipinski definition) is 5. The van der Waals surface area contributed by atoms with Gasteiger partial charge in [0.25, 0.3) is 6.08 Å². The topological polar surface area (TPSA) is 97.2 Å². The molecule has 12 heteroatoms. The average molecular weight is 682 g/mol. The van der Waals surface area contributed by atoms with Gasteiger partial charge in [0.05, 0.1) is 10.7 Å². The Bertz CT molecular complexity index is 2250. The number of halogens is 4. The molecule has 5 aromatic rings. The van der Waals surface area contributed by atoms with E-state index in [2.05, 4.69) is 15.3 Å². The monoisotopic (exact) mass is 681 g/mol. The van der Waals surface area contributed by atoms with Crippen LogP contribution in [-0.4, -0.2) is 49.6 Å². The minimum absolute atomic E-state index is 0.157. The van der Waals surface area contributed by atoms with Gasteiger partial charge >= 0.3 is 0 Å². The molecular formula is C37H27ClF3N5O3. The molecule has 0 radical (unpaired) electrons. The maximum Gasteiger partial charge on any atom is 0.271 e. The van der Waals surface area contributed by atoms with Crippen molar-refractivity contribution in [3.05, 3.63) is 119 Å². The minimum atomic E-state index is -1.98. The second-order valence-electron chi connectivity index (χ2n) is 12.0. The van der Waals surface area contributed by atoms with Crippen molar-refractivity contribution < 1.29 is 27.6 Å². The van der Waals surface area contributed by atoms with Crippen LogP contribution in [-0.2, 0) is 22.6 Å². The first-order chi connectivity index (χ1) is 23.6. The zero-order chi connectivity index (χ0) is 34.4. The number of ketones is 1. The quantitative estimate of drug-likeness (QED) is 0.178. The van der Waals surface area contributed by atoms with E-state index in [-0.39, 0.29) is 29.2 Å². The number of aromatic nitrogens is 3. The summed E-state index contributed by atoms with van der Waals surface area (Å²) in [4.78, 5) is 49.1. The Hall–Kier alpha value is -5.55. The lowest BCUT2D eigenvalue weighted by molar-refractivity contribution is -0.137. The highest BCUT2D eigenvalue weighted by molar-refractivity contribution is 6.35. The van der Waals surface area contributed by atoms with Crippen molar-refractivity contribution in [2.45, 2.75) is 32.4 Å². The molecule has 2 amide bonds. The van der Waals surface area contributed by atoms with Gasteiger partial charge in [0.15, 0.2) is 11.6 Å². The molecule has 1 aliphatic carbocycles. The van der Waals surface area contributed by atoms with Gasteiger partial charge in [-0.15, -0.1) is 0 Å². The van der Waals surface area contributed by atoms with E-state index in [1.54, 1.807) is 47.3 Å². The first-order valence-electron chi connectivity index (χ1n) is 15.4. The number of allylic oxidation sites excluding steroid dienone is 1. The third kappa shape index (κ3) is 5.91. The lowest BCUT2D eigenvalue weighted by Gasteiger charge is -2.24. The summed E-state index contributed by atoms with van der Waals surface area (Å²) in [6.07, 6.45) is 8.38. The first-order valence-corrected chi connectivity index (χ1v) is 15.8. The smallest absolute Gasteiger partial charge is 0.271 e. The molecule has 49 heavy (non-hydrogen) atoms. The Morgan fingerprint density at radius 2 is 1.82 bits per heavy atom. The van der Waals surface area contributed by atoms with Crippen LogP contribution in [0.3, 0.4) is 0 Å². The highest BCUT2D eigenvalue weighted by atomic mass is 35.5. The summed E-state index contributed by atoms with van der Waals surface area (Å²) in [6.45, 7) is 0.596. The Labute approximate surface area is 283 Å². The number of hydrogen-bond donors (Lipinski definition) is 1. The van der Waals surface area contributed by atoms with E-state index in [1.165, 1.54) is 31.6 Å². The van der Waals surface area contributed by atoms with Crippen molar-refractivity contribution in [1.82, 2.24) is 19.4 Å². The summed E-state index contributed by atoms with van der Waals surface area (Å²) in [5.74, 6) is -2.43. The molecule has 1 saturated heterocycles. The van der Waals surface area contributed by atoms with E-state index >= 15 is 4.39 Å². The Kier molecular flexibility index (Phi) is 8.37. The average Bonchev–Trinajstić information content (AvgIpc) is 3.84. The molecule has 1 N–H and O–H groups in total. The van der Waals surface area contributed by atoms with Crippen LogP contribution in [0.4, 0.5) is 18.9 Å². The fourth-order valence-corrected chi connectivity index (χ4v) is 6.83. The van der Waals surface area contributed by atoms with Gasteiger partial charge in [-0.3, -0.25) is 14.4 Å². The second-order valence-corrected chi connectivity index (χ2v) is 12.3. The molecular weight excluding hydrogens is 655 g/mol. The molecule has 0 bridgehead atoms. The van der Waals surface area contributed by atoms with E-state index < -0.39 is 42.7 Å². The fraction of sp³-hybridized carbons (Fsp3) is 0.162. The molecule has 1 atom stereocenters. The number of carbonyl (C=O) groups excluding carboxylic acids is 3. The van der Waals surface area contributed by atoms with Crippen LogP contribution in [0, 0.1) is 5.82 Å². The van der Waals surface area contributed by atoms with Crippen molar-refractivity contribution in [2.24, 2.45) is 0 Å². The number of rotatable bonds is 7. The maximum absolute atomic E-state index is 15.9. The first kappa shape index (κ1) is 32.0. The summed E-state index contributed by atoms with van der Waals surface area (Å²) < 4.78 is 45.2. The van der Waals surface area contributed by atoms with Gasteiger partial charge in [0, 0.05) is 70.3 Å². The van der Waals surface area contributed by atoms with Gasteiger partial charge in [-0.2, -0.15) is 8.78 Å². The Morgan fingerprint density at radius 1 is 1.02 bits per heavy atom. The van der Waals surface area contributed by atoms with Crippen LogP contribution in [0.25, 0.3) is 39.2 Å². The molecule has 0 unspecified atom stereocenters. The number of anilines is 1. The SMILES string of the molecule is CC(=O)c1cn(CC(=O)N2CC(=C(F)F)C[C@H]2C(=O)Nc2cccc(-c3ccc4c(c3Cl)C=CC4)c2F)c2ccc(-c3cncnc3)cc12. The maximum atomic E-state index is 15.9. The molecule has 2 aliphatic rings. The number of likely N-dealkylation sites (tertiary alicyclic amines) is 1. The number of nitrogens with one attached hydrogen (secondary N) is 1. The standard InChI is InChI=1S/C37H27ClF3N5O3/c1-20(47)29-17-45(31-11-9-22(12-28(29)31)24-14-42-19-43-15-24)18-33(48)46-16-23(36(40)41)13-32(46)37(49)44-30-7-3-6-27(35(30)39)26-10-8-21-4-2-5-25(21)34(26)38/h2-3,5-12,14-15,17,19,32H,4,13,16,18H2,1H3,(H,44,49)/t32-/m0/s1. The van der Waals surface area contributed by atoms with Crippen molar-refractivity contribution >= 4 is 51.9 Å². The van der Waals surface area contributed by atoms with Crippen LogP contribution in [0.2, 0.25) is 5.02 Å². The lowest BCUT2D eigenvalue weighted by Crippen LogP contribution is -2.44. The largest absolute Gasteiger partial charge is 0.337 e. The van der Waals surface area contributed by atoms with Crippen LogP contribution >= 0.6 is 11.6 Å². The van der Waals surface area contributed by atoms with Gasteiger partial charge in [-0.05, 0) is 48.2 Å². The zero-order valence-corrected chi connectivity index (χ0v) is 26.8. The normalized spacial score (nSPS) is 15.2. The summed E-state index contributed by atoms with van der Waals surface area (Å²) >= 11 is 6.63. The number of fused-ring (bicyclic) bond motifs is 2. The van der Waals surface area contributed by atoms with Gasteiger partial charge in [0.2, 0.25) is 11.8 Å². The van der Waals surface area contributed by atoms with Gasteiger partial charge in [-0.25, -0.2) is 14.4 Å². The van der Waals surface area contributed by atoms with E-state index in [4.69, 9.17) is 11.6 Å². The molecule has 1 aliphatic heterocycles. The van der Waals surface area contributed by atoms with Gasteiger partial charge < -0.3 is 14.8 Å². The highest BCUT2D eigenvalue weighted by Crippen LogP contribution is 2.39. The van der Waals surface area contributed by atoms with E-state index in [0.29, 0.717) is 27.1 Å². The van der Waals surface area contributed by atoms with Crippen molar-refractivity contribution in [3.8, 4) is 22.3 Å². The Morgan fingerprint density at radius 3 is 2.57 bits per heavy atom. The van der Waals surface area contributed by atoms with E-state index in [1.807, 2.05) is 18.2 Å². The summed E-state index contributed by atoms with van der Waals surface area (Å²) in [5.41, 5.74) is 4.30. The van der Waals surface area contributed by atoms with Crippen LogP contribution in [0.1, 0.15) is 34.8 Å². The highest BCUT2D eigenvalue weighted by Gasteiger charge is 2.39. The summed E-state index contributed by atoms with van der Waals surface area (Å²) in [6, 6.07) is 12.0. The zero-order valence-electron chi connectivity index (χ0n) is 26.0. The number of nitrogens with zero attached hydrogens (tertiary/aromatic N) is 4. The van der Waals surface area contributed by atoms with Crippen LogP contribution < -0.4 is 5.32 Å². The van der Waals surface area contributed by atoms with Crippen LogP contribution in [0.15, 0.2) is 91.2 Å². The summed E-state index contributed by atoms with van der Waals surface area (Å²) in [5, 5.41) is 3.48. The molecule has 0 saturated carbocycles. The number of carbonyl (C=O) groups is 3. The molecule has 2 aromatic heterocycles.